The molecular formula is C11H15FN2O2S. The molecule has 2 rings (SSSR count). The van der Waals surface area contributed by atoms with Crippen molar-refractivity contribution in [3.05, 3.63) is 22.4 Å². The van der Waals surface area contributed by atoms with Gasteiger partial charge in [-0.05, 0) is 28.8 Å². The van der Waals surface area contributed by atoms with Gasteiger partial charge < -0.3 is 15.7 Å². The smallest absolute Gasteiger partial charge is 0.242 e. The summed E-state index contributed by atoms with van der Waals surface area (Å²) in [5.41, 5.74) is 6.35. The Morgan fingerprint density at radius 1 is 1.71 bits per heavy atom. The maximum Gasteiger partial charge on any atom is 0.242 e. The monoisotopic (exact) mass is 258 g/mol. The van der Waals surface area contributed by atoms with Crippen LogP contribution in [0.3, 0.4) is 0 Å². The molecule has 1 aliphatic rings. The molecule has 0 spiro atoms. The molecule has 1 aromatic heterocycles. The van der Waals surface area contributed by atoms with Crippen molar-refractivity contribution in [2.45, 2.75) is 24.7 Å². The number of halogens is 1. The Kier molecular flexibility index (Phi) is 3.76. The number of aliphatic hydroxyl groups excluding tert-OH is 1. The number of carbonyl (C=O) groups excluding carboxylic acids is 1. The van der Waals surface area contributed by atoms with E-state index in [2.05, 4.69) is 0 Å². The number of rotatable bonds is 3. The van der Waals surface area contributed by atoms with Gasteiger partial charge in [-0.1, -0.05) is 0 Å². The summed E-state index contributed by atoms with van der Waals surface area (Å²) in [5.74, 6) is -0.385. The Labute approximate surface area is 103 Å². The Bertz CT molecular complexity index is 385. The molecule has 0 aromatic carbocycles. The number of hydrogen-bond donors (Lipinski definition) is 2. The molecule has 2 heterocycles. The molecule has 0 radical (unpaired) electrons. The van der Waals surface area contributed by atoms with Crippen molar-refractivity contribution < 1.29 is 14.3 Å². The number of likely N-dealkylation sites (tertiary alicyclic amines) is 1. The van der Waals surface area contributed by atoms with Gasteiger partial charge >= 0.3 is 0 Å². The second-order valence-corrected chi connectivity index (χ2v) is 4.98. The summed E-state index contributed by atoms with van der Waals surface area (Å²) in [6.45, 7) is 0.465. The average Bonchev–Trinajstić information content (AvgIpc) is 2.96. The summed E-state index contributed by atoms with van der Waals surface area (Å²) in [4.78, 5) is 13.3. The van der Waals surface area contributed by atoms with Gasteiger partial charge in [-0.3, -0.25) is 4.79 Å². The maximum absolute atomic E-state index is 13.0. The first-order chi connectivity index (χ1) is 8.09. The number of nitrogens with two attached hydrogens (primary N) is 1. The van der Waals surface area contributed by atoms with Gasteiger partial charge in [0.1, 0.15) is 18.3 Å². The van der Waals surface area contributed by atoms with Crippen LogP contribution in [0.15, 0.2) is 16.8 Å². The summed E-state index contributed by atoms with van der Waals surface area (Å²) >= 11 is 1.43. The first-order valence-corrected chi connectivity index (χ1v) is 6.42. The van der Waals surface area contributed by atoms with E-state index in [-0.39, 0.29) is 12.5 Å². The summed E-state index contributed by atoms with van der Waals surface area (Å²) < 4.78 is 13.0. The minimum atomic E-state index is -1.02. The quantitative estimate of drug-likeness (QED) is 0.838. The Morgan fingerprint density at radius 2 is 2.47 bits per heavy atom. The largest absolute Gasteiger partial charge is 0.386 e. The highest BCUT2D eigenvalue weighted by molar-refractivity contribution is 7.07. The maximum atomic E-state index is 13.0. The van der Waals surface area contributed by atoms with Crippen molar-refractivity contribution in [2.75, 3.05) is 13.1 Å². The molecule has 0 bridgehead atoms. The van der Waals surface area contributed by atoms with E-state index in [0.29, 0.717) is 18.5 Å². The van der Waals surface area contributed by atoms with Gasteiger partial charge in [-0.25, -0.2) is 4.39 Å². The molecule has 17 heavy (non-hydrogen) atoms. The van der Waals surface area contributed by atoms with Gasteiger partial charge in [0.25, 0.3) is 0 Å². The molecule has 3 atom stereocenters. The van der Waals surface area contributed by atoms with Gasteiger partial charge in [-0.15, -0.1) is 0 Å². The first kappa shape index (κ1) is 12.5. The summed E-state index contributed by atoms with van der Waals surface area (Å²) in [5, 5.41) is 13.5. The van der Waals surface area contributed by atoms with Gasteiger partial charge in [0, 0.05) is 6.54 Å². The average molecular weight is 258 g/mol. The van der Waals surface area contributed by atoms with Crippen LogP contribution in [0.1, 0.15) is 18.1 Å². The number of thiophene rings is 1. The van der Waals surface area contributed by atoms with E-state index >= 15 is 0 Å². The molecule has 1 unspecified atom stereocenters. The lowest BCUT2D eigenvalue weighted by Crippen LogP contribution is -2.46. The molecule has 4 nitrogen and oxygen atoms in total. The SMILES string of the molecule is N[C@@H](C(=O)N1CCC(F)C1)[C@@H](O)c1ccsc1. The van der Waals surface area contributed by atoms with Crippen LogP contribution in [0.5, 0.6) is 0 Å². The Balaban J connectivity index is 2.00. The van der Waals surface area contributed by atoms with Crippen LogP contribution < -0.4 is 5.73 Å². The number of hydrogen-bond acceptors (Lipinski definition) is 4. The lowest BCUT2D eigenvalue weighted by Gasteiger charge is -2.23. The lowest BCUT2D eigenvalue weighted by molar-refractivity contribution is -0.134. The number of aliphatic hydroxyl groups is 1. The van der Waals surface area contributed by atoms with E-state index in [1.807, 2.05) is 5.38 Å². The third-order valence-electron chi connectivity index (χ3n) is 2.95. The topological polar surface area (TPSA) is 66.6 Å². The standard InChI is InChI=1S/C11H15FN2O2S/c12-8-1-3-14(5-8)11(16)9(13)10(15)7-2-4-17-6-7/h2,4,6,8-10,15H,1,3,5,13H2/t8?,9-,10+/m1/s1. The molecule has 6 heteroatoms. The van der Waals surface area contributed by atoms with Crippen molar-refractivity contribution in [3.63, 3.8) is 0 Å². The molecular weight excluding hydrogens is 243 g/mol. The van der Waals surface area contributed by atoms with Crippen molar-refractivity contribution in [3.8, 4) is 0 Å². The molecule has 1 amide bonds. The number of alkyl halides is 1. The van der Waals surface area contributed by atoms with Crippen LogP contribution in [0.25, 0.3) is 0 Å². The summed E-state index contributed by atoms with van der Waals surface area (Å²) in [6, 6.07) is 0.708. The van der Waals surface area contributed by atoms with Crippen LogP contribution in [-0.4, -0.2) is 41.2 Å². The first-order valence-electron chi connectivity index (χ1n) is 5.48. The van der Waals surface area contributed by atoms with E-state index in [9.17, 15) is 14.3 Å². The third kappa shape index (κ3) is 2.65. The van der Waals surface area contributed by atoms with E-state index in [1.54, 1.807) is 11.4 Å². The van der Waals surface area contributed by atoms with E-state index in [1.165, 1.54) is 16.2 Å². The fourth-order valence-electron chi connectivity index (χ4n) is 1.91. The number of carbonyl (C=O) groups is 1. The highest BCUT2D eigenvalue weighted by atomic mass is 32.1. The normalized spacial score (nSPS) is 23.7. The van der Waals surface area contributed by atoms with Crippen molar-refractivity contribution in [1.82, 2.24) is 4.90 Å². The van der Waals surface area contributed by atoms with Crippen molar-refractivity contribution in [2.24, 2.45) is 5.73 Å². The zero-order valence-electron chi connectivity index (χ0n) is 9.25. The van der Waals surface area contributed by atoms with Crippen LogP contribution in [0.4, 0.5) is 4.39 Å². The molecule has 1 fully saturated rings. The second-order valence-electron chi connectivity index (χ2n) is 4.20. The lowest BCUT2D eigenvalue weighted by atomic mass is 10.1. The number of nitrogens with zero attached hydrogens (tertiary/aromatic N) is 1. The van der Waals surface area contributed by atoms with Gasteiger partial charge in [-0.2, -0.15) is 11.3 Å². The van der Waals surface area contributed by atoms with Crippen LogP contribution in [-0.2, 0) is 4.79 Å². The third-order valence-corrected chi connectivity index (χ3v) is 3.65. The highest BCUT2D eigenvalue weighted by Crippen LogP contribution is 2.21. The van der Waals surface area contributed by atoms with Gasteiger partial charge in [0.05, 0.1) is 6.54 Å². The fourth-order valence-corrected chi connectivity index (χ4v) is 2.60. The summed E-state index contributed by atoms with van der Waals surface area (Å²) in [7, 11) is 0. The van der Waals surface area contributed by atoms with Crippen molar-refractivity contribution >= 4 is 17.2 Å². The van der Waals surface area contributed by atoms with E-state index in [0.717, 1.165) is 0 Å². The molecule has 0 aliphatic carbocycles. The zero-order valence-corrected chi connectivity index (χ0v) is 10.1. The molecule has 1 aromatic rings. The van der Waals surface area contributed by atoms with Crippen LogP contribution >= 0.6 is 11.3 Å². The fraction of sp³-hybridized carbons (Fsp3) is 0.545. The highest BCUT2D eigenvalue weighted by Gasteiger charge is 2.32. The Morgan fingerprint density at radius 3 is 3.00 bits per heavy atom. The zero-order chi connectivity index (χ0) is 12.4. The predicted octanol–water partition coefficient (Wildman–Crippen LogP) is 0.679. The summed E-state index contributed by atoms with van der Waals surface area (Å²) in [6.07, 6.45) is -1.63. The predicted molar refractivity (Wildman–Crippen MR) is 63.3 cm³/mol. The second kappa shape index (κ2) is 5.12. The number of amides is 1. The Hall–Kier alpha value is -0.980. The van der Waals surface area contributed by atoms with Crippen LogP contribution in [0.2, 0.25) is 0 Å². The van der Waals surface area contributed by atoms with Gasteiger partial charge in [0.15, 0.2) is 0 Å². The molecule has 0 saturated carbocycles. The minimum absolute atomic E-state index is 0.0862. The molecule has 1 saturated heterocycles. The van der Waals surface area contributed by atoms with E-state index < -0.39 is 18.3 Å². The molecule has 1 aliphatic heterocycles. The van der Waals surface area contributed by atoms with E-state index in [4.69, 9.17) is 5.73 Å². The molecule has 94 valence electrons. The van der Waals surface area contributed by atoms with Crippen LogP contribution in [0, 0.1) is 0 Å². The van der Waals surface area contributed by atoms with Gasteiger partial charge in [0.2, 0.25) is 5.91 Å². The van der Waals surface area contributed by atoms with Crippen molar-refractivity contribution in [1.29, 1.82) is 0 Å². The minimum Gasteiger partial charge on any atom is -0.386 e. The molecule has 3 N–H and O–H groups in total.